The predicted molar refractivity (Wildman–Crippen MR) is 115 cm³/mol. The summed E-state index contributed by atoms with van der Waals surface area (Å²) in [6.07, 6.45) is 4.08. The van der Waals surface area contributed by atoms with Crippen molar-refractivity contribution < 1.29 is 22.7 Å². The number of sulfonamides is 1. The lowest BCUT2D eigenvalue weighted by Gasteiger charge is -2.23. The quantitative estimate of drug-likeness (QED) is 0.222. The van der Waals surface area contributed by atoms with Crippen LogP contribution < -0.4 is 9.04 Å². The van der Waals surface area contributed by atoms with E-state index in [0.29, 0.717) is 15.4 Å². The Balaban J connectivity index is 1.86. The maximum Gasteiger partial charge on any atom is 0.339 e. The minimum Gasteiger partial charge on any atom is -0.711 e. The highest BCUT2D eigenvalue weighted by atomic mass is 35.5. The van der Waals surface area contributed by atoms with Crippen molar-refractivity contribution in [2.24, 2.45) is 0 Å². The molecule has 0 aliphatic heterocycles. The Bertz CT molecular complexity index is 1200. The molecule has 0 spiro atoms. The van der Waals surface area contributed by atoms with E-state index in [2.05, 4.69) is 11.6 Å². The van der Waals surface area contributed by atoms with Gasteiger partial charge in [-0.15, -0.1) is 6.58 Å². The third-order valence-corrected chi connectivity index (χ3v) is 6.23. The number of hydrogen-bond donors (Lipinski definition) is 0. The summed E-state index contributed by atoms with van der Waals surface area (Å²) in [5.41, 5.74) is 0.413. The van der Waals surface area contributed by atoms with E-state index in [-0.39, 0.29) is 29.4 Å². The molecule has 31 heavy (non-hydrogen) atoms. The Morgan fingerprint density at radius 1 is 1.23 bits per heavy atom. The van der Waals surface area contributed by atoms with Crippen LogP contribution in [0.2, 0.25) is 5.02 Å². The van der Waals surface area contributed by atoms with E-state index in [1.807, 2.05) is 0 Å². The Labute approximate surface area is 184 Å². The van der Waals surface area contributed by atoms with Crippen LogP contribution in [0.5, 0.6) is 0 Å². The second kappa shape index (κ2) is 9.59. The maximum absolute atomic E-state index is 13.2. The number of aromatic nitrogens is 2. The zero-order valence-corrected chi connectivity index (χ0v) is 17.8. The summed E-state index contributed by atoms with van der Waals surface area (Å²) in [5, 5.41) is 12.1. The molecule has 8 nitrogen and oxygen atoms in total. The van der Waals surface area contributed by atoms with Crippen molar-refractivity contribution in [2.75, 3.05) is 10.8 Å². The van der Waals surface area contributed by atoms with Crippen LogP contribution in [-0.2, 0) is 21.4 Å². The van der Waals surface area contributed by atoms with Gasteiger partial charge in [0.2, 0.25) is 0 Å². The summed E-state index contributed by atoms with van der Waals surface area (Å²) in [6, 6.07) is 13.2. The van der Waals surface area contributed by atoms with Crippen molar-refractivity contribution in [2.45, 2.75) is 11.5 Å². The molecular weight excluding hydrogens is 442 g/mol. The molecule has 0 radical (unpaired) electrons. The highest BCUT2D eigenvalue weighted by Gasteiger charge is 2.25. The van der Waals surface area contributed by atoms with Crippen LogP contribution in [0.25, 0.3) is 0 Å². The molecule has 0 atom stereocenters. The van der Waals surface area contributed by atoms with Crippen LogP contribution in [0.3, 0.4) is 0 Å². The van der Waals surface area contributed by atoms with Crippen molar-refractivity contribution in [3.05, 3.63) is 101 Å². The normalized spacial score (nSPS) is 11.0. The third kappa shape index (κ3) is 5.19. The number of hydrogen-bond acceptors (Lipinski definition) is 6. The van der Waals surface area contributed by atoms with Gasteiger partial charge in [0.1, 0.15) is 6.20 Å². The van der Waals surface area contributed by atoms with Gasteiger partial charge >= 0.3 is 11.8 Å². The van der Waals surface area contributed by atoms with E-state index >= 15 is 0 Å². The first-order valence-corrected chi connectivity index (χ1v) is 10.8. The number of rotatable bonds is 8. The monoisotopic (exact) mass is 459 g/mol. The first kappa shape index (κ1) is 22.3. The highest BCUT2D eigenvalue weighted by molar-refractivity contribution is 7.92. The van der Waals surface area contributed by atoms with Gasteiger partial charge in [-0.3, -0.25) is 4.31 Å². The van der Waals surface area contributed by atoms with Crippen molar-refractivity contribution in [3.63, 3.8) is 0 Å². The molecular formula is C21H18ClN3O5S. The fraction of sp³-hybridized carbons (Fsp3) is 0.0952. The van der Waals surface area contributed by atoms with Crippen LogP contribution in [0, 0.1) is 5.21 Å². The van der Waals surface area contributed by atoms with Gasteiger partial charge in [0, 0.05) is 11.1 Å². The SMILES string of the molecule is C=CCN(c1ccc(Cl)cc1)S(=O)(=O)c1cccc(C(=O)OCc2nccc[n+]2[O-])c1. The smallest absolute Gasteiger partial charge is 0.339 e. The molecule has 0 saturated heterocycles. The largest absolute Gasteiger partial charge is 0.711 e. The van der Waals surface area contributed by atoms with E-state index in [4.69, 9.17) is 16.3 Å². The second-order valence-corrected chi connectivity index (χ2v) is 8.57. The molecule has 0 saturated carbocycles. The van der Waals surface area contributed by atoms with E-state index in [0.717, 1.165) is 4.31 Å². The van der Waals surface area contributed by atoms with Crippen molar-refractivity contribution in [3.8, 4) is 0 Å². The number of ether oxygens (including phenoxy) is 1. The van der Waals surface area contributed by atoms with Gasteiger partial charge in [-0.25, -0.2) is 17.9 Å². The average molecular weight is 460 g/mol. The molecule has 1 aromatic heterocycles. The number of anilines is 1. The van der Waals surface area contributed by atoms with Crippen LogP contribution in [0.1, 0.15) is 16.2 Å². The van der Waals surface area contributed by atoms with Gasteiger partial charge in [0.05, 0.1) is 28.9 Å². The summed E-state index contributed by atoms with van der Waals surface area (Å²) in [6.45, 7) is 3.28. The lowest BCUT2D eigenvalue weighted by atomic mass is 10.2. The van der Waals surface area contributed by atoms with Crippen molar-refractivity contribution in [1.82, 2.24) is 4.98 Å². The number of nitrogens with zero attached hydrogens (tertiary/aromatic N) is 3. The fourth-order valence-corrected chi connectivity index (χ4v) is 4.29. The standard InChI is InChI=1S/C21H18ClN3O5S/c1-2-12-25(18-9-7-17(22)8-10-18)31(28,29)19-6-3-5-16(14-19)21(26)30-15-20-23-11-4-13-24(20)27/h2-11,13-14H,1,12,15H2. The molecule has 0 aliphatic rings. The van der Waals surface area contributed by atoms with Crippen molar-refractivity contribution in [1.29, 1.82) is 0 Å². The number of carbonyl (C=O) groups excluding carboxylic acids is 1. The number of halogens is 1. The van der Waals surface area contributed by atoms with E-state index < -0.39 is 16.0 Å². The lowest BCUT2D eigenvalue weighted by Crippen LogP contribution is -2.33. The van der Waals surface area contributed by atoms with Crippen LogP contribution in [-0.4, -0.2) is 25.9 Å². The molecule has 0 fully saturated rings. The fourth-order valence-electron chi connectivity index (χ4n) is 2.68. The van der Waals surface area contributed by atoms with E-state index in [9.17, 15) is 18.4 Å². The Kier molecular flexibility index (Phi) is 6.88. The second-order valence-electron chi connectivity index (χ2n) is 6.27. The Morgan fingerprint density at radius 3 is 2.65 bits per heavy atom. The van der Waals surface area contributed by atoms with Gasteiger partial charge in [0.15, 0.2) is 6.61 Å². The Hall–Kier alpha value is -3.43. The van der Waals surface area contributed by atoms with Crippen LogP contribution in [0.4, 0.5) is 5.69 Å². The molecule has 2 aromatic carbocycles. The van der Waals surface area contributed by atoms with Gasteiger partial charge in [-0.05, 0) is 47.4 Å². The molecule has 0 aliphatic carbocycles. The Morgan fingerprint density at radius 2 is 1.97 bits per heavy atom. The third-order valence-electron chi connectivity index (χ3n) is 4.19. The van der Waals surface area contributed by atoms with E-state index in [1.165, 1.54) is 48.8 Å². The molecule has 3 rings (SSSR count). The summed E-state index contributed by atoms with van der Waals surface area (Å²) in [4.78, 5) is 16.1. The summed E-state index contributed by atoms with van der Waals surface area (Å²) >= 11 is 5.90. The summed E-state index contributed by atoms with van der Waals surface area (Å²) < 4.78 is 33.2. The average Bonchev–Trinajstić information content (AvgIpc) is 2.77. The maximum atomic E-state index is 13.2. The summed E-state index contributed by atoms with van der Waals surface area (Å²) in [7, 11) is -4.01. The molecule has 160 valence electrons. The lowest BCUT2D eigenvalue weighted by molar-refractivity contribution is -0.620. The first-order chi connectivity index (χ1) is 14.8. The molecule has 10 heteroatoms. The van der Waals surface area contributed by atoms with Gasteiger partial charge in [0.25, 0.3) is 10.0 Å². The van der Waals surface area contributed by atoms with Crippen molar-refractivity contribution >= 4 is 33.3 Å². The zero-order chi connectivity index (χ0) is 22.4. The van der Waals surface area contributed by atoms with Crippen LogP contribution >= 0.6 is 11.6 Å². The first-order valence-electron chi connectivity index (χ1n) is 9.02. The van der Waals surface area contributed by atoms with Crippen LogP contribution in [0.15, 0.2) is 84.5 Å². The summed E-state index contributed by atoms with van der Waals surface area (Å²) in [5.74, 6) is -0.788. The van der Waals surface area contributed by atoms with Gasteiger partial charge in [-0.1, -0.05) is 23.7 Å². The topological polar surface area (TPSA) is 104 Å². The van der Waals surface area contributed by atoms with Gasteiger partial charge in [-0.2, -0.15) is 0 Å². The molecule has 0 amide bonds. The predicted octanol–water partition coefficient (Wildman–Crippen LogP) is 3.11. The number of esters is 1. The minimum atomic E-state index is -4.01. The molecule has 0 unspecified atom stereocenters. The number of benzene rings is 2. The molecule has 3 aromatic rings. The highest BCUT2D eigenvalue weighted by Crippen LogP contribution is 2.26. The molecule has 0 bridgehead atoms. The van der Waals surface area contributed by atoms with E-state index in [1.54, 1.807) is 24.3 Å². The van der Waals surface area contributed by atoms with Gasteiger partial charge < -0.3 is 9.94 Å². The number of carbonyl (C=O) groups is 1. The molecule has 0 N–H and O–H groups in total. The molecule has 1 heterocycles. The minimum absolute atomic E-state index is 0.000442. The zero-order valence-electron chi connectivity index (χ0n) is 16.2.